The van der Waals surface area contributed by atoms with Gasteiger partial charge < -0.3 is 4.79 Å². The number of rotatable bonds is 1. The number of nitrogens with zero attached hydrogens (tertiary/aromatic N) is 1. The molecule has 1 unspecified atom stereocenters. The van der Waals surface area contributed by atoms with Gasteiger partial charge in [0.1, 0.15) is 6.29 Å². The number of carbonyl (C=O) groups is 1. The minimum atomic E-state index is 0.225. The summed E-state index contributed by atoms with van der Waals surface area (Å²) >= 11 is 0. The van der Waals surface area contributed by atoms with Crippen LogP contribution in [-0.4, -0.2) is 30.8 Å². The molecule has 56 valence electrons. The number of carbonyl (C=O) groups excluding carboxylic acids is 1. The zero-order valence-corrected chi connectivity index (χ0v) is 6.34. The van der Waals surface area contributed by atoms with Crippen molar-refractivity contribution in [3.05, 3.63) is 0 Å². The van der Waals surface area contributed by atoms with Crippen LogP contribution in [0, 0.1) is 5.41 Å². The Morgan fingerprint density at radius 3 is 2.60 bits per heavy atom. The molecule has 1 aliphatic carbocycles. The first-order chi connectivity index (χ1) is 4.76. The van der Waals surface area contributed by atoms with Crippen LogP contribution in [0.15, 0.2) is 0 Å². The number of aldehydes is 1. The number of hydrogen-bond acceptors (Lipinski definition) is 2. The maximum atomic E-state index is 10.5. The molecule has 0 bridgehead atoms. The smallest absolute Gasteiger partial charge is 0.137 e. The lowest BCUT2D eigenvalue weighted by Crippen LogP contribution is -2.25. The summed E-state index contributed by atoms with van der Waals surface area (Å²) in [6, 6.07) is 0.225. The predicted octanol–water partition coefficient (Wildman–Crippen LogP) is 0.670. The van der Waals surface area contributed by atoms with Crippen LogP contribution in [-0.2, 0) is 4.79 Å². The van der Waals surface area contributed by atoms with E-state index in [-0.39, 0.29) is 6.04 Å². The van der Waals surface area contributed by atoms with Gasteiger partial charge in [0.15, 0.2) is 0 Å². The lowest BCUT2D eigenvalue weighted by molar-refractivity contribution is -0.111. The molecular formula is C8H13NO. The van der Waals surface area contributed by atoms with E-state index in [1.54, 1.807) is 0 Å². The predicted molar refractivity (Wildman–Crippen MR) is 38.8 cm³/mol. The molecule has 2 aliphatic rings. The van der Waals surface area contributed by atoms with Crippen LogP contribution in [0.4, 0.5) is 0 Å². The van der Waals surface area contributed by atoms with Crippen LogP contribution >= 0.6 is 0 Å². The van der Waals surface area contributed by atoms with Gasteiger partial charge in [-0.05, 0) is 31.7 Å². The van der Waals surface area contributed by atoms with Gasteiger partial charge in [-0.2, -0.15) is 0 Å². The fraction of sp³-hybridized carbons (Fsp3) is 0.875. The van der Waals surface area contributed by atoms with Gasteiger partial charge in [-0.3, -0.25) is 4.90 Å². The second kappa shape index (κ2) is 1.82. The molecule has 0 aromatic heterocycles. The third kappa shape index (κ3) is 0.788. The average molecular weight is 139 g/mol. The molecule has 1 spiro atoms. The Morgan fingerprint density at radius 2 is 2.30 bits per heavy atom. The molecule has 2 nitrogen and oxygen atoms in total. The summed E-state index contributed by atoms with van der Waals surface area (Å²) in [5, 5.41) is 0. The first-order valence-electron chi connectivity index (χ1n) is 3.91. The van der Waals surface area contributed by atoms with Crippen LogP contribution in [0.3, 0.4) is 0 Å². The quantitative estimate of drug-likeness (QED) is 0.498. The molecule has 1 heterocycles. The van der Waals surface area contributed by atoms with E-state index in [1.807, 2.05) is 7.05 Å². The molecule has 1 aliphatic heterocycles. The average Bonchev–Trinajstić information content (AvgIpc) is 2.55. The largest absolute Gasteiger partial charge is 0.302 e. The monoisotopic (exact) mass is 139 g/mol. The highest BCUT2D eigenvalue weighted by Gasteiger charge is 2.50. The Labute approximate surface area is 61.2 Å². The minimum absolute atomic E-state index is 0.225. The topological polar surface area (TPSA) is 20.3 Å². The molecule has 1 atom stereocenters. The first kappa shape index (κ1) is 6.35. The minimum Gasteiger partial charge on any atom is -0.302 e. The molecule has 0 amide bonds. The van der Waals surface area contributed by atoms with E-state index in [9.17, 15) is 4.79 Å². The molecule has 2 rings (SSSR count). The normalized spacial score (nSPS) is 36.7. The van der Waals surface area contributed by atoms with Crippen molar-refractivity contribution in [3.8, 4) is 0 Å². The van der Waals surface area contributed by atoms with Gasteiger partial charge in [0, 0.05) is 6.54 Å². The highest BCUT2D eigenvalue weighted by Crippen LogP contribution is 2.53. The van der Waals surface area contributed by atoms with Crippen molar-refractivity contribution in [3.63, 3.8) is 0 Å². The molecule has 10 heavy (non-hydrogen) atoms. The summed E-state index contributed by atoms with van der Waals surface area (Å²) < 4.78 is 0. The summed E-state index contributed by atoms with van der Waals surface area (Å²) in [7, 11) is 2.05. The van der Waals surface area contributed by atoms with Gasteiger partial charge in [-0.15, -0.1) is 0 Å². The Hall–Kier alpha value is -0.370. The molecule has 1 saturated heterocycles. The highest BCUT2D eigenvalue weighted by atomic mass is 16.1. The van der Waals surface area contributed by atoms with Crippen LogP contribution in [0.25, 0.3) is 0 Å². The molecule has 1 saturated carbocycles. The van der Waals surface area contributed by atoms with Gasteiger partial charge in [-0.25, -0.2) is 0 Å². The third-order valence-corrected chi connectivity index (χ3v) is 2.91. The van der Waals surface area contributed by atoms with Crippen molar-refractivity contribution in [2.75, 3.05) is 13.6 Å². The number of likely N-dealkylation sites (tertiary alicyclic amines) is 1. The molecular weight excluding hydrogens is 126 g/mol. The molecule has 0 N–H and O–H groups in total. The van der Waals surface area contributed by atoms with Crippen LogP contribution in [0.2, 0.25) is 0 Å². The standard InChI is InChI=1S/C8H13NO/c1-9-6-8(2-3-8)4-7(9)5-10/h5,7H,2-4,6H2,1H3. The Morgan fingerprint density at radius 1 is 1.60 bits per heavy atom. The number of likely N-dealkylation sites (N-methyl/N-ethyl adjacent to an activating group) is 1. The summed E-state index contributed by atoms with van der Waals surface area (Å²) in [5.74, 6) is 0. The van der Waals surface area contributed by atoms with E-state index in [0.717, 1.165) is 19.3 Å². The summed E-state index contributed by atoms with van der Waals surface area (Å²) in [6.07, 6.45) is 4.91. The lowest BCUT2D eigenvalue weighted by Gasteiger charge is -2.11. The fourth-order valence-corrected chi connectivity index (χ4v) is 2.00. The maximum absolute atomic E-state index is 10.5. The van der Waals surface area contributed by atoms with Crippen molar-refractivity contribution in [2.45, 2.75) is 25.3 Å². The Balaban J connectivity index is 2.07. The second-order valence-corrected chi connectivity index (χ2v) is 3.82. The Kier molecular flexibility index (Phi) is 1.15. The highest BCUT2D eigenvalue weighted by molar-refractivity contribution is 5.58. The van der Waals surface area contributed by atoms with Gasteiger partial charge in [0.25, 0.3) is 0 Å². The van der Waals surface area contributed by atoms with Crippen molar-refractivity contribution in [1.29, 1.82) is 0 Å². The lowest BCUT2D eigenvalue weighted by atomic mass is 10.0. The summed E-state index contributed by atoms with van der Waals surface area (Å²) in [4.78, 5) is 12.7. The molecule has 2 fully saturated rings. The van der Waals surface area contributed by atoms with Gasteiger partial charge in [0.05, 0.1) is 6.04 Å². The zero-order valence-electron chi connectivity index (χ0n) is 6.34. The van der Waals surface area contributed by atoms with Crippen molar-refractivity contribution in [2.24, 2.45) is 5.41 Å². The van der Waals surface area contributed by atoms with Crippen molar-refractivity contribution in [1.82, 2.24) is 4.90 Å². The van der Waals surface area contributed by atoms with E-state index in [1.165, 1.54) is 12.8 Å². The molecule has 0 aromatic rings. The van der Waals surface area contributed by atoms with Crippen LogP contribution in [0.1, 0.15) is 19.3 Å². The second-order valence-electron chi connectivity index (χ2n) is 3.82. The molecule has 2 heteroatoms. The number of hydrogen-bond donors (Lipinski definition) is 0. The van der Waals surface area contributed by atoms with E-state index >= 15 is 0 Å². The summed E-state index contributed by atoms with van der Waals surface area (Å²) in [6.45, 7) is 1.15. The van der Waals surface area contributed by atoms with Crippen molar-refractivity contribution < 1.29 is 4.79 Å². The summed E-state index contributed by atoms with van der Waals surface area (Å²) in [5.41, 5.74) is 0.584. The van der Waals surface area contributed by atoms with E-state index in [4.69, 9.17) is 0 Å². The van der Waals surface area contributed by atoms with Gasteiger partial charge >= 0.3 is 0 Å². The van der Waals surface area contributed by atoms with Crippen molar-refractivity contribution >= 4 is 6.29 Å². The van der Waals surface area contributed by atoms with E-state index in [2.05, 4.69) is 4.90 Å². The molecule has 0 radical (unpaired) electrons. The van der Waals surface area contributed by atoms with Gasteiger partial charge in [-0.1, -0.05) is 0 Å². The SMILES string of the molecule is CN1CC2(CC2)CC1C=O. The van der Waals surface area contributed by atoms with E-state index < -0.39 is 0 Å². The fourth-order valence-electron chi connectivity index (χ4n) is 2.00. The van der Waals surface area contributed by atoms with E-state index in [0.29, 0.717) is 5.41 Å². The van der Waals surface area contributed by atoms with Crippen LogP contribution < -0.4 is 0 Å². The van der Waals surface area contributed by atoms with Crippen LogP contribution in [0.5, 0.6) is 0 Å². The zero-order chi connectivity index (χ0) is 7.19. The maximum Gasteiger partial charge on any atom is 0.137 e. The Bertz CT molecular complexity index is 163. The van der Waals surface area contributed by atoms with Gasteiger partial charge in [0.2, 0.25) is 0 Å². The first-order valence-corrected chi connectivity index (χ1v) is 3.91. The third-order valence-electron chi connectivity index (χ3n) is 2.91. The molecule has 0 aromatic carbocycles.